The quantitative estimate of drug-likeness (QED) is 0.838. The summed E-state index contributed by atoms with van der Waals surface area (Å²) in [4.78, 5) is 18.6. The van der Waals surface area contributed by atoms with Gasteiger partial charge in [-0.15, -0.1) is 0 Å². The first-order chi connectivity index (χ1) is 11.9. The van der Waals surface area contributed by atoms with Crippen molar-refractivity contribution in [3.8, 4) is 5.75 Å². The zero-order chi connectivity index (χ0) is 18.0. The fourth-order valence-electron chi connectivity index (χ4n) is 3.17. The largest absolute Gasteiger partial charge is 0.496 e. The van der Waals surface area contributed by atoms with Gasteiger partial charge in [-0.3, -0.25) is 4.79 Å². The molecule has 1 amide bonds. The number of hydrogen-bond donors (Lipinski definition) is 0. The zero-order valence-electron chi connectivity index (χ0n) is 15.5. The lowest BCUT2D eigenvalue weighted by Gasteiger charge is -2.23. The summed E-state index contributed by atoms with van der Waals surface area (Å²) < 4.78 is 7.38. The highest BCUT2D eigenvalue weighted by molar-refractivity contribution is 5.77. The van der Waals surface area contributed by atoms with Gasteiger partial charge in [0.05, 0.1) is 19.2 Å². The molecule has 2 aromatic rings. The van der Waals surface area contributed by atoms with Gasteiger partial charge in [-0.25, -0.2) is 9.67 Å². The number of hydrogen-bond acceptors (Lipinski definition) is 4. The van der Waals surface area contributed by atoms with E-state index < -0.39 is 0 Å². The average molecular weight is 342 g/mol. The Bertz CT molecular complexity index is 761. The number of para-hydroxylation sites is 1. The molecule has 6 nitrogen and oxygen atoms in total. The third kappa shape index (κ3) is 3.83. The lowest BCUT2D eigenvalue weighted by Crippen LogP contribution is -2.31. The molecule has 0 bridgehead atoms. The van der Waals surface area contributed by atoms with Crippen LogP contribution in [0.3, 0.4) is 0 Å². The number of aromatic nitrogens is 3. The SMILES string of the molecule is COc1ccccc1Cc1nc(CN2CCCC2=O)n(C(C)(C)C)n1. The van der Waals surface area contributed by atoms with Crippen LogP contribution in [0, 0.1) is 0 Å². The maximum atomic E-state index is 12.0. The Hall–Kier alpha value is -2.37. The second-order valence-electron chi connectivity index (χ2n) is 7.43. The second-order valence-corrected chi connectivity index (χ2v) is 7.43. The Morgan fingerprint density at radius 1 is 1.24 bits per heavy atom. The molecular weight excluding hydrogens is 316 g/mol. The minimum absolute atomic E-state index is 0.190. The summed E-state index contributed by atoms with van der Waals surface area (Å²) in [5.74, 6) is 2.63. The van der Waals surface area contributed by atoms with E-state index in [1.807, 2.05) is 33.8 Å². The summed E-state index contributed by atoms with van der Waals surface area (Å²) in [6, 6.07) is 7.91. The number of rotatable bonds is 5. The molecule has 1 aromatic carbocycles. The number of likely N-dealkylation sites (tertiary alicyclic amines) is 1. The molecule has 1 saturated heterocycles. The van der Waals surface area contributed by atoms with E-state index in [0.717, 1.165) is 35.9 Å². The van der Waals surface area contributed by atoms with E-state index in [4.69, 9.17) is 14.8 Å². The van der Waals surface area contributed by atoms with Crippen molar-refractivity contribution in [1.82, 2.24) is 19.7 Å². The van der Waals surface area contributed by atoms with Crippen LogP contribution in [0.15, 0.2) is 24.3 Å². The zero-order valence-corrected chi connectivity index (χ0v) is 15.5. The standard InChI is InChI=1S/C19H26N4O2/c1-19(2,3)23-17(13-22-11-7-10-18(22)24)20-16(21-23)12-14-8-5-6-9-15(14)25-4/h5-6,8-9H,7,10-13H2,1-4H3. The summed E-state index contributed by atoms with van der Waals surface area (Å²) in [6.07, 6.45) is 2.17. The van der Waals surface area contributed by atoms with Crippen LogP contribution in [0.1, 0.15) is 50.8 Å². The Labute approximate surface area is 148 Å². The average Bonchev–Trinajstić information content (AvgIpc) is 3.15. The number of nitrogens with zero attached hydrogens (tertiary/aromatic N) is 4. The number of carbonyl (C=O) groups is 1. The molecule has 3 rings (SSSR count). The van der Waals surface area contributed by atoms with Crippen LogP contribution in [0.4, 0.5) is 0 Å². The van der Waals surface area contributed by atoms with E-state index in [0.29, 0.717) is 19.4 Å². The lowest BCUT2D eigenvalue weighted by atomic mass is 10.1. The van der Waals surface area contributed by atoms with Gasteiger partial charge in [-0.2, -0.15) is 5.10 Å². The Kier molecular flexibility index (Phi) is 4.79. The van der Waals surface area contributed by atoms with Crippen LogP contribution in [0.2, 0.25) is 0 Å². The van der Waals surface area contributed by atoms with Crippen LogP contribution >= 0.6 is 0 Å². The number of ether oxygens (including phenoxy) is 1. The molecule has 0 saturated carbocycles. The van der Waals surface area contributed by atoms with Crippen LogP contribution in [-0.2, 0) is 23.3 Å². The molecule has 1 aliphatic rings. The summed E-state index contributed by atoms with van der Waals surface area (Å²) in [5.41, 5.74) is 0.865. The highest BCUT2D eigenvalue weighted by atomic mass is 16.5. The molecule has 1 fully saturated rings. The van der Waals surface area contributed by atoms with Crippen molar-refractivity contribution in [2.45, 2.75) is 52.1 Å². The van der Waals surface area contributed by atoms with Crippen molar-refractivity contribution in [1.29, 1.82) is 0 Å². The molecule has 134 valence electrons. The summed E-state index contributed by atoms with van der Waals surface area (Å²) in [7, 11) is 1.67. The molecule has 0 unspecified atom stereocenters. The van der Waals surface area contributed by atoms with E-state index in [-0.39, 0.29) is 11.4 Å². The first-order valence-electron chi connectivity index (χ1n) is 8.73. The van der Waals surface area contributed by atoms with Crippen molar-refractivity contribution >= 4 is 5.91 Å². The second kappa shape index (κ2) is 6.86. The molecule has 1 aromatic heterocycles. The van der Waals surface area contributed by atoms with Crippen LogP contribution < -0.4 is 4.74 Å². The highest BCUT2D eigenvalue weighted by Crippen LogP contribution is 2.23. The van der Waals surface area contributed by atoms with Gasteiger partial charge in [0.15, 0.2) is 5.82 Å². The first kappa shape index (κ1) is 17.5. The van der Waals surface area contributed by atoms with Gasteiger partial charge in [-0.1, -0.05) is 18.2 Å². The maximum Gasteiger partial charge on any atom is 0.223 e. The van der Waals surface area contributed by atoms with Gasteiger partial charge in [0, 0.05) is 24.9 Å². The van der Waals surface area contributed by atoms with E-state index in [9.17, 15) is 4.79 Å². The molecular formula is C19H26N4O2. The van der Waals surface area contributed by atoms with Gasteiger partial charge in [0.1, 0.15) is 11.6 Å². The predicted molar refractivity (Wildman–Crippen MR) is 95.5 cm³/mol. The van der Waals surface area contributed by atoms with Gasteiger partial charge < -0.3 is 9.64 Å². The monoisotopic (exact) mass is 342 g/mol. The van der Waals surface area contributed by atoms with Gasteiger partial charge in [0.2, 0.25) is 5.91 Å². The molecule has 1 aliphatic heterocycles. The maximum absolute atomic E-state index is 12.0. The molecule has 0 spiro atoms. The van der Waals surface area contributed by atoms with E-state index in [2.05, 4.69) is 20.8 Å². The van der Waals surface area contributed by atoms with Crippen LogP contribution in [0.5, 0.6) is 5.75 Å². The van der Waals surface area contributed by atoms with Crippen molar-refractivity contribution < 1.29 is 9.53 Å². The number of carbonyl (C=O) groups excluding carboxylic acids is 1. The van der Waals surface area contributed by atoms with Crippen molar-refractivity contribution in [3.63, 3.8) is 0 Å². The molecule has 0 N–H and O–H groups in total. The van der Waals surface area contributed by atoms with Crippen molar-refractivity contribution in [3.05, 3.63) is 41.5 Å². The molecule has 2 heterocycles. The van der Waals surface area contributed by atoms with Crippen molar-refractivity contribution in [2.24, 2.45) is 0 Å². The third-order valence-corrected chi connectivity index (χ3v) is 4.40. The molecule has 0 aliphatic carbocycles. The summed E-state index contributed by atoms with van der Waals surface area (Å²) in [5, 5.41) is 4.73. The van der Waals surface area contributed by atoms with E-state index in [1.54, 1.807) is 7.11 Å². The Balaban J connectivity index is 1.89. The highest BCUT2D eigenvalue weighted by Gasteiger charge is 2.26. The number of amides is 1. The van der Waals surface area contributed by atoms with Gasteiger partial charge >= 0.3 is 0 Å². The summed E-state index contributed by atoms with van der Waals surface area (Å²) >= 11 is 0. The Morgan fingerprint density at radius 2 is 2.00 bits per heavy atom. The van der Waals surface area contributed by atoms with Crippen molar-refractivity contribution in [2.75, 3.05) is 13.7 Å². The molecule has 25 heavy (non-hydrogen) atoms. The topological polar surface area (TPSA) is 60.2 Å². The van der Waals surface area contributed by atoms with E-state index >= 15 is 0 Å². The van der Waals surface area contributed by atoms with E-state index in [1.165, 1.54) is 0 Å². The normalized spacial score (nSPS) is 15.0. The Morgan fingerprint density at radius 3 is 2.64 bits per heavy atom. The smallest absolute Gasteiger partial charge is 0.223 e. The number of methoxy groups -OCH3 is 1. The molecule has 0 atom stereocenters. The van der Waals surface area contributed by atoms with Crippen LogP contribution in [-0.4, -0.2) is 39.2 Å². The lowest BCUT2D eigenvalue weighted by molar-refractivity contribution is -0.128. The fraction of sp³-hybridized carbons (Fsp3) is 0.526. The minimum atomic E-state index is -0.190. The summed E-state index contributed by atoms with van der Waals surface area (Å²) in [6.45, 7) is 7.63. The third-order valence-electron chi connectivity index (χ3n) is 4.40. The molecule has 0 radical (unpaired) electrons. The van der Waals surface area contributed by atoms with Gasteiger partial charge in [-0.05, 0) is 33.3 Å². The van der Waals surface area contributed by atoms with Gasteiger partial charge in [0.25, 0.3) is 0 Å². The first-order valence-corrected chi connectivity index (χ1v) is 8.73. The fourth-order valence-corrected chi connectivity index (χ4v) is 3.17. The van der Waals surface area contributed by atoms with Crippen LogP contribution in [0.25, 0.3) is 0 Å². The minimum Gasteiger partial charge on any atom is -0.496 e. The number of benzene rings is 1. The predicted octanol–water partition coefficient (Wildman–Crippen LogP) is 2.75. The molecule has 6 heteroatoms.